The summed E-state index contributed by atoms with van der Waals surface area (Å²) in [6.07, 6.45) is -3.56. The van der Waals surface area contributed by atoms with Crippen molar-refractivity contribution >= 4 is 21.9 Å². The Morgan fingerprint density at radius 2 is 2.06 bits per heavy atom. The van der Waals surface area contributed by atoms with Crippen LogP contribution in [0.25, 0.3) is 0 Å². The SMILES string of the molecule is CCOc1cc(C(O)C(O)C(=O)O)cc(Br)c1O. The van der Waals surface area contributed by atoms with Gasteiger partial charge in [-0.05, 0) is 40.5 Å². The van der Waals surface area contributed by atoms with Crippen molar-refractivity contribution in [2.75, 3.05) is 6.61 Å². The summed E-state index contributed by atoms with van der Waals surface area (Å²) in [5, 5.41) is 37.2. The van der Waals surface area contributed by atoms with Crippen LogP contribution in [0.3, 0.4) is 0 Å². The Labute approximate surface area is 112 Å². The molecule has 0 fully saturated rings. The molecule has 6 nitrogen and oxygen atoms in total. The number of aliphatic hydroxyl groups is 2. The molecule has 0 radical (unpaired) electrons. The van der Waals surface area contributed by atoms with Crippen molar-refractivity contribution < 1.29 is 30.0 Å². The number of halogens is 1. The summed E-state index contributed by atoms with van der Waals surface area (Å²) in [4.78, 5) is 10.6. The Bertz CT molecular complexity index is 447. The number of aromatic hydroxyl groups is 1. The molecule has 0 saturated carbocycles. The monoisotopic (exact) mass is 320 g/mol. The molecule has 100 valence electrons. The highest BCUT2D eigenvalue weighted by molar-refractivity contribution is 9.10. The van der Waals surface area contributed by atoms with Crippen molar-refractivity contribution in [1.29, 1.82) is 0 Å². The van der Waals surface area contributed by atoms with Crippen LogP contribution in [0.15, 0.2) is 16.6 Å². The standard InChI is InChI=1S/C11H13BrO6/c1-2-18-7-4-5(3-6(12)9(7)14)8(13)10(15)11(16)17/h3-4,8,10,13-15H,2H2,1H3,(H,16,17). The summed E-state index contributed by atoms with van der Waals surface area (Å²) in [7, 11) is 0. The van der Waals surface area contributed by atoms with Gasteiger partial charge in [0.05, 0.1) is 11.1 Å². The number of hydrogen-bond donors (Lipinski definition) is 4. The number of phenols is 1. The van der Waals surface area contributed by atoms with Gasteiger partial charge >= 0.3 is 5.97 Å². The second kappa shape index (κ2) is 6.03. The van der Waals surface area contributed by atoms with E-state index in [-0.39, 0.29) is 21.5 Å². The lowest BCUT2D eigenvalue weighted by Gasteiger charge is -2.17. The van der Waals surface area contributed by atoms with E-state index in [0.29, 0.717) is 6.61 Å². The fraction of sp³-hybridized carbons (Fsp3) is 0.364. The molecule has 0 aliphatic rings. The van der Waals surface area contributed by atoms with Crippen molar-refractivity contribution in [3.63, 3.8) is 0 Å². The van der Waals surface area contributed by atoms with Crippen molar-refractivity contribution in [1.82, 2.24) is 0 Å². The number of phenolic OH excluding ortho intramolecular Hbond substituents is 1. The molecule has 0 aromatic heterocycles. The van der Waals surface area contributed by atoms with Gasteiger partial charge in [-0.2, -0.15) is 0 Å². The summed E-state index contributed by atoms with van der Waals surface area (Å²) in [6.45, 7) is 2.00. The molecule has 0 aliphatic carbocycles. The van der Waals surface area contributed by atoms with Crippen molar-refractivity contribution in [2.45, 2.75) is 19.1 Å². The number of aliphatic hydroxyl groups excluding tert-OH is 2. The number of carbonyl (C=O) groups is 1. The highest BCUT2D eigenvalue weighted by atomic mass is 79.9. The Balaban J connectivity index is 3.13. The third-order valence-electron chi connectivity index (χ3n) is 2.24. The molecule has 0 aliphatic heterocycles. The highest BCUT2D eigenvalue weighted by Gasteiger charge is 2.26. The van der Waals surface area contributed by atoms with E-state index in [0.717, 1.165) is 0 Å². The summed E-state index contributed by atoms with van der Waals surface area (Å²) >= 11 is 3.05. The molecule has 1 aromatic rings. The number of benzene rings is 1. The van der Waals surface area contributed by atoms with E-state index < -0.39 is 18.2 Å². The lowest BCUT2D eigenvalue weighted by atomic mass is 10.0. The molecular formula is C11H13BrO6. The van der Waals surface area contributed by atoms with Gasteiger partial charge in [-0.15, -0.1) is 0 Å². The third kappa shape index (κ3) is 3.12. The van der Waals surface area contributed by atoms with Gasteiger partial charge in [0.1, 0.15) is 6.10 Å². The van der Waals surface area contributed by atoms with Crippen LogP contribution in [0.1, 0.15) is 18.6 Å². The average molecular weight is 321 g/mol. The van der Waals surface area contributed by atoms with Gasteiger partial charge in [0.2, 0.25) is 0 Å². The van der Waals surface area contributed by atoms with Gasteiger partial charge in [-0.1, -0.05) is 0 Å². The van der Waals surface area contributed by atoms with Crippen LogP contribution in [0.4, 0.5) is 0 Å². The van der Waals surface area contributed by atoms with Gasteiger partial charge < -0.3 is 25.2 Å². The smallest absolute Gasteiger partial charge is 0.335 e. The first-order chi connectivity index (χ1) is 8.38. The molecule has 0 spiro atoms. The summed E-state index contributed by atoms with van der Waals surface area (Å²) in [5.41, 5.74) is 0.123. The molecular weight excluding hydrogens is 308 g/mol. The Morgan fingerprint density at radius 3 is 2.56 bits per heavy atom. The van der Waals surface area contributed by atoms with Crippen LogP contribution in [-0.2, 0) is 4.79 Å². The number of ether oxygens (including phenoxy) is 1. The van der Waals surface area contributed by atoms with Gasteiger partial charge in [-0.3, -0.25) is 0 Å². The zero-order chi connectivity index (χ0) is 13.9. The molecule has 4 N–H and O–H groups in total. The first-order valence-corrected chi connectivity index (χ1v) is 5.92. The van der Waals surface area contributed by atoms with Crippen LogP contribution in [0, 0.1) is 0 Å². The maximum absolute atomic E-state index is 10.6. The molecule has 0 saturated heterocycles. The lowest BCUT2D eigenvalue weighted by molar-refractivity contribution is -0.153. The van der Waals surface area contributed by atoms with E-state index >= 15 is 0 Å². The van der Waals surface area contributed by atoms with E-state index in [2.05, 4.69) is 15.9 Å². The lowest BCUT2D eigenvalue weighted by Crippen LogP contribution is -2.27. The molecule has 1 aromatic carbocycles. The highest BCUT2D eigenvalue weighted by Crippen LogP contribution is 2.37. The third-order valence-corrected chi connectivity index (χ3v) is 2.85. The molecule has 18 heavy (non-hydrogen) atoms. The van der Waals surface area contributed by atoms with Gasteiger partial charge in [0.15, 0.2) is 17.6 Å². The first-order valence-electron chi connectivity index (χ1n) is 5.12. The number of aliphatic carboxylic acids is 1. The molecule has 0 heterocycles. The second-order valence-electron chi connectivity index (χ2n) is 3.51. The second-order valence-corrected chi connectivity index (χ2v) is 4.36. The molecule has 0 amide bonds. The van der Waals surface area contributed by atoms with Crippen molar-refractivity contribution in [2.24, 2.45) is 0 Å². The van der Waals surface area contributed by atoms with E-state index in [4.69, 9.17) is 9.84 Å². The maximum Gasteiger partial charge on any atom is 0.335 e. The number of carboxylic acids is 1. The minimum atomic E-state index is -1.95. The largest absolute Gasteiger partial charge is 0.503 e. The Morgan fingerprint density at radius 1 is 1.44 bits per heavy atom. The zero-order valence-corrected chi connectivity index (χ0v) is 11.1. The van der Waals surface area contributed by atoms with Gasteiger partial charge in [0.25, 0.3) is 0 Å². The average Bonchev–Trinajstić information content (AvgIpc) is 2.32. The predicted molar refractivity (Wildman–Crippen MR) is 65.6 cm³/mol. The van der Waals surface area contributed by atoms with Gasteiger partial charge in [-0.25, -0.2) is 4.79 Å². The predicted octanol–water partition coefficient (Wildman–Crippen LogP) is 1.03. The van der Waals surface area contributed by atoms with Crippen molar-refractivity contribution in [3.8, 4) is 11.5 Å². The fourth-order valence-corrected chi connectivity index (χ4v) is 1.81. The summed E-state index contributed by atoms with van der Waals surface area (Å²) in [5.74, 6) is -1.60. The minimum absolute atomic E-state index is 0.0958. The Hall–Kier alpha value is -1.31. The van der Waals surface area contributed by atoms with E-state index in [1.807, 2.05) is 0 Å². The van der Waals surface area contributed by atoms with Crippen molar-refractivity contribution in [3.05, 3.63) is 22.2 Å². The van der Waals surface area contributed by atoms with Crippen LogP contribution in [0.5, 0.6) is 11.5 Å². The maximum atomic E-state index is 10.6. The molecule has 1 rings (SSSR count). The van der Waals surface area contributed by atoms with Crippen LogP contribution in [0.2, 0.25) is 0 Å². The van der Waals surface area contributed by atoms with E-state index in [1.54, 1.807) is 6.92 Å². The van der Waals surface area contributed by atoms with Gasteiger partial charge in [0, 0.05) is 0 Å². The molecule has 2 unspecified atom stereocenters. The molecule has 7 heteroatoms. The van der Waals surface area contributed by atoms with Crippen LogP contribution in [-0.4, -0.2) is 39.1 Å². The summed E-state index contributed by atoms with van der Waals surface area (Å²) in [6, 6.07) is 2.59. The number of hydrogen-bond acceptors (Lipinski definition) is 5. The minimum Gasteiger partial charge on any atom is -0.503 e. The molecule has 2 atom stereocenters. The molecule has 0 bridgehead atoms. The van der Waals surface area contributed by atoms with E-state index in [1.165, 1.54) is 12.1 Å². The Kier molecular flexibility index (Phi) is 4.94. The fourth-order valence-electron chi connectivity index (χ4n) is 1.35. The van der Waals surface area contributed by atoms with Crippen LogP contribution < -0.4 is 4.74 Å². The number of rotatable bonds is 5. The summed E-state index contributed by atoms with van der Waals surface area (Å²) < 4.78 is 5.36. The van der Waals surface area contributed by atoms with E-state index in [9.17, 15) is 20.1 Å². The normalized spacial score (nSPS) is 14.0. The quantitative estimate of drug-likeness (QED) is 0.645. The first kappa shape index (κ1) is 14.7. The topological polar surface area (TPSA) is 107 Å². The van der Waals surface area contributed by atoms with Crippen LogP contribution >= 0.6 is 15.9 Å². The number of carboxylic acid groups (broad SMARTS) is 1. The zero-order valence-electron chi connectivity index (χ0n) is 9.50.